The number of H-pyrrole nitrogens is 1. The van der Waals surface area contributed by atoms with Gasteiger partial charge in [0.1, 0.15) is 0 Å². The van der Waals surface area contributed by atoms with Gasteiger partial charge in [-0.1, -0.05) is 12.1 Å². The molecule has 0 bridgehead atoms. The quantitative estimate of drug-likeness (QED) is 0.611. The number of aromatic nitrogens is 4. The van der Waals surface area contributed by atoms with E-state index in [-0.39, 0.29) is 5.91 Å². The molecule has 0 radical (unpaired) electrons. The van der Waals surface area contributed by atoms with Gasteiger partial charge >= 0.3 is 0 Å². The monoisotopic (exact) mass is 303 g/mol. The third-order valence-electron chi connectivity index (χ3n) is 3.60. The Morgan fingerprint density at radius 2 is 2.04 bits per heavy atom. The summed E-state index contributed by atoms with van der Waals surface area (Å²) in [6.45, 7) is 0. The number of hydrogen-bond acceptors (Lipinski definition) is 3. The number of amides is 1. The van der Waals surface area contributed by atoms with Crippen LogP contribution in [0.3, 0.4) is 0 Å². The highest BCUT2D eigenvalue weighted by atomic mass is 16.1. The molecular weight excluding hydrogens is 290 g/mol. The van der Waals surface area contributed by atoms with E-state index < -0.39 is 0 Å². The van der Waals surface area contributed by atoms with Crippen molar-refractivity contribution in [3.63, 3.8) is 0 Å². The van der Waals surface area contributed by atoms with E-state index >= 15 is 0 Å². The van der Waals surface area contributed by atoms with Crippen molar-refractivity contribution in [2.75, 3.05) is 5.32 Å². The minimum atomic E-state index is -0.182. The van der Waals surface area contributed by atoms with Crippen LogP contribution in [0.5, 0.6) is 0 Å². The van der Waals surface area contributed by atoms with E-state index in [2.05, 4.69) is 20.6 Å². The SMILES string of the molecule is O=C(Nc1ccc2[nH]ncc2c1)c1ccccc1-n1cccn1. The second-order valence-corrected chi connectivity index (χ2v) is 5.09. The maximum absolute atomic E-state index is 12.6. The van der Waals surface area contributed by atoms with Gasteiger partial charge in [0.05, 0.1) is 23.0 Å². The number of hydrogen-bond donors (Lipinski definition) is 2. The highest BCUT2D eigenvalue weighted by Crippen LogP contribution is 2.19. The molecule has 0 atom stereocenters. The molecule has 4 aromatic rings. The topological polar surface area (TPSA) is 75.6 Å². The largest absolute Gasteiger partial charge is 0.322 e. The second kappa shape index (κ2) is 5.42. The minimum Gasteiger partial charge on any atom is -0.322 e. The number of nitrogens with one attached hydrogen (secondary N) is 2. The van der Waals surface area contributed by atoms with Crippen LogP contribution in [0.15, 0.2) is 67.1 Å². The third-order valence-corrected chi connectivity index (χ3v) is 3.60. The van der Waals surface area contributed by atoms with Crippen LogP contribution in [-0.4, -0.2) is 25.9 Å². The normalized spacial score (nSPS) is 10.8. The molecule has 0 aliphatic carbocycles. The van der Waals surface area contributed by atoms with Gasteiger partial charge in [0.25, 0.3) is 5.91 Å². The molecule has 0 fully saturated rings. The number of para-hydroxylation sites is 1. The number of fused-ring (bicyclic) bond motifs is 1. The van der Waals surface area contributed by atoms with Gasteiger partial charge in [0, 0.05) is 23.5 Å². The van der Waals surface area contributed by atoms with Crippen molar-refractivity contribution < 1.29 is 4.79 Å². The highest BCUT2D eigenvalue weighted by Gasteiger charge is 2.13. The molecule has 2 aromatic heterocycles. The van der Waals surface area contributed by atoms with Gasteiger partial charge in [0.15, 0.2) is 0 Å². The predicted molar refractivity (Wildman–Crippen MR) is 87.6 cm³/mol. The molecule has 6 nitrogen and oxygen atoms in total. The molecule has 112 valence electrons. The molecule has 2 aromatic carbocycles. The van der Waals surface area contributed by atoms with Crippen LogP contribution in [0.4, 0.5) is 5.69 Å². The summed E-state index contributed by atoms with van der Waals surface area (Å²) in [6.07, 6.45) is 5.22. The maximum Gasteiger partial charge on any atom is 0.257 e. The van der Waals surface area contributed by atoms with Crippen LogP contribution in [0, 0.1) is 0 Å². The summed E-state index contributed by atoms with van der Waals surface area (Å²) >= 11 is 0. The fourth-order valence-electron chi connectivity index (χ4n) is 2.50. The summed E-state index contributed by atoms with van der Waals surface area (Å²) in [6, 6.07) is 14.8. The summed E-state index contributed by atoms with van der Waals surface area (Å²) in [5, 5.41) is 14.9. The van der Waals surface area contributed by atoms with Gasteiger partial charge in [-0.05, 0) is 36.4 Å². The summed E-state index contributed by atoms with van der Waals surface area (Å²) in [4.78, 5) is 12.6. The number of nitrogens with zero attached hydrogens (tertiary/aromatic N) is 3. The summed E-state index contributed by atoms with van der Waals surface area (Å²) in [7, 11) is 0. The predicted octanol–water partition coefficient (Wildman–Crippen LogP) is 3.00. The summed E-state index contributed by atoms with van der Waals surface area (Å²) in [5.41, 5.74) is 2.95. The third kappa shape index (κ3) is 2.46. The van der Waals surface area contributed by atoms with Crippen molar-refractivity contribution in [3.8, 4) is 5.69 Å². The molecule has 0 saturated heterocycles. The summed E-state index contributed by atoms with van der Waals surface area (Å²) < 4.78 is 1.67. The highest BCUT2D eigenvalue weighted by molar-refractivity contribution is 6.07. The Bertz CT molecular complexity index is 972. The van der Waals surface area contributed by atoms with Crippen molar-refractivity contribution in [2.45, 2.75) is 0 Å². The maximum atomic E-state index is 12.6. The van der Waals surface area contributed by atoms with Gasteiger partial charge < -0.3 is 5.32 Å². The van der Waals surface area contributed by atoms with Gasteiger partial charge in [-0.3, -0.25) is 9.89 Å². The molecule has 0 aliphatic heterocycles. The molecule has 23 heavy (non-hydrogen) atoms. The van der Waals surface area contributed by atoms with Gasteiger partial charge in [-0.2, -0.15) is 10.2 Å². The molecule has 2 heterocycles. The molecule has 0 unspecified atom stereocenters. The van der Waals surface area contributed by atoms with E-state index in [1.165, 1.54) is 0 Å². The lowest BCUT2D eigenvalue weighted by atomic mass is 10.1. The molecule has 0 aliphatic rings. The van der Waals surface area contributed by atoms with E-state index in [1.54, 1.807) is 23.1 Å². The van der Waals surface area contributed by atoms with E-state index in [4.69, 9.17) is 0 Å². The smallest absolute Gasteiger partial charge is 0.257 e. The van der Waals surface area contributed by atoms with Crippen LogP contribution in [0.1, 0.15) is 10.4 Å². The number of benzene rings is 2. The number of carbonyl (C=O) groups excluding carboxylic acids is 1. The molecule has 6 heteroatoms. The molecular formula is C17H13N5O. The Hall–Kier alpha value is -3.41. The number of anilines is 1. The number of aromatic amines is 1. The van der Waals surface area contributed by atoms with E-state index in [0.717, 1.165) is 22.3 Å². The first-order valence-corrected chi connectivity index (χ1v) is 7.15. The van der Waals surface area contributed by atoms with Crippen molar-refractivity contribution in [1.82, 2.24) is 20.0 Å². The van der Waals surface area contributed by atoms with E-state index in [0.29, 0.717) is 5.56 Å². The molecule has 4 rings (SSSR count). The van der Waals surface area contributed by atoms with Crippen molar-refractivity contribution in [3.05, 3.63) is 72.7 Å². The lowest BCUT2D eigenvalue weighted by Crippen LogP contribution is -2.15. The summed E-state index contributed by atoms with van der Waals surface area (Å²) in [5.74, 6) is -0.182. The zero-order valence-electron chi connectivity index (χ0n) is 12.1. The molecule has 2 N–H and O–H groups in total. The average molecular weight is 303 g/mol. The van der Waals surface area contributed by atoms with Crippen LogP contribution in [0.25, 0.3) is 16.6 Å². The zero-order chi connectivity index (χ0) is 15.6. The van der Waals surface area contributed by atoms with E-state index in [1.807, 2.05) is 48.7 Å². The zero-order valence-corrected chi connectivity index (χ0v) is 12.1. The van der Waals surface area contributed by atoms with Crippen LogP contribution in [0.2, 0.25) is 0 Å². The standard InChI is InChI=1S/C17H13N5O/c23-17(20-13-6-7-15-12(10-13)11-18-21-15)14-4-1-2-5-16(14)22-9-3-8-19-22/h1-11H,(H,18,21)(H,20,23). The molecule has 0 spiro atoms. The van der Waals surface area contributed by atoms with Crippen molar-refractivity contribution in [1.29, 1.82) is 0 Å². The number of rotatable bonds is 3. The molecule has 1 amide bonds. The molecule has 0 saturated carbocycles. The van der Waals surface area contributed by atoms with Crippen LogP contribution in [-0.2, 0) is 0 Å². The van der Waals surface area contributed by atoms with Crippen LogP contribution < -0.4 is 5.32 Å². The first-order valence-electron chi connectivity index (χ1n) is 7.15. The lowest BCUT2D eigenvalue weighted by molar-refractivity contribution is 0.102. The van der Waals surface area contributed by atoms with E-state index in [9.17, 15) is 4.79 Å². The fraction of sp³-hybridized carbons (Fsp3) is 0. The van der Waals surface area contributed by atoms with Gasteiger partial charge in [-0.25, -0.2) is 4.68 Å². The lowest BCUT2D eigenvalue weighted by Gasteiger charge is -2.10. The average Bonchev–Trinajstić information content (AvgIpc) is 3.26. The Labute approximate surface area is 131 Å². The fourth-order valence-corrected chi connectivity index (χ4v) is 2.50. The van der Waals surface area contributed by atoms with Gasteiger partial charge in [-0.15, -0.1) is 0 Å². The minimum absolute atomic E-state index is 0.182. The number of carbonyl (C=O) groups is 1. The Kier molecular flexibility index (Phi) is 3.12. The van der Waals surface area contributed by atoms with Crippen molar-refractivity contribution in [2.24, 2.45) is 0 Å². The van der Waals surface area contributed by atoms with Crippen LogP contribution >= 0.6 is 0 Å². The Morgan fingerprint density at radius 3 is 2.91 bits per heavy atom. The second-order valence-electron chi connectivity index (χ2n) is 5.09. The van der Waals surface area contributed by atoms with Crippen molar-refractivity contribution >= 4 is 22.5 Å². The first-order chi connectivity index (χ1) is 11.3. The Morgan fingerprint density at radius 1 is 1.13 bits per heavy atom. The van der Waals surface area contributed by atoms with Gasteiger partial charge in [0.2, 0.25) is 0 Å². The first kappa shape index (κ1) is 13.3. The Balaban J connectivity index is 1.67.